The van der Waals surface area contributed by atoms with Crippen molar-refractivity contribution in [1.29, 1.82) is 0 Å². The van der Waals surface area contributed by atoms with Crippen LogP contribution >= 0.6 is 0 Å². The van der Waals surface area contributed by atoms with Gasteiger partial charge in [-0.15, -0.1) is 0 Å². The predicted octanol–water partition coefficient (Wildman–Crippen LogP) is 2.64. The van der Waals surface area contributed by atoms with E-state index >= 15 is 0 Å². The van der Waals surface area contributed by atoms with Crippen LogP contribution < -0.4 is 10.1 Å². The maximum absolute atomic E-state index is 5.39. The van der Waals surface area contributed by atoms with Crippen molar-refractivity contribution in [3.05, 3.63) is 29.8 Å². The molecular weight excluding hydrogens is 226 g/mol. The fraction of sp³-hybridized carbons (Fsp3) is 0.600. The van der Waals surface area contributed by atoms with Crippen LogP contribution in [0, 0.1) is 0 Å². The van der Waals surface area contributed by atoms with E-state index in [2.05, 4.69) is 24.4 Å². The van der Waals surface area contributed by atoms with Crippen molar-refractivity contribution in [1.82, 2.24) is 5.32 Å². The highest BCUT2D eigenvalue weighted by Gasteiger charge is 2.12. The van der Waals surface area contributed by atoms with Gasteiger partial charge in [-0.05, 0) is 44.9 Å². The number of likely N-dealkylation sites (N-methyl/N-ethyl adjacent to an activating group) is 1. The molecule has 0 aromatic heterocycles. The van der Waals surface area contributed by atoms with Gasteiger partial charge in [0.15, 0.2) is 0 Å². The first-order valence-electron chi connectivity index (χ1n) is 6.53. The van der Waals surface area contributed by atoms with Crippen molar-refractivity contribution in [3.8, 4) is 5.75 Å². The second-order valence-electron chi connectivity index (χ2n) is 4.63. The Kier molecular flexibility index (Phi) is 6.76. The van der Waals surface area contributed by atoms with E-state index in [0.717, 1.165) is 25.0 Å². The zero-order valence-corrected chi connectivity index (χ0v) is 11.9. The van der Waals surface area contributed by atoms with Crippen molar-refractivity contribution in [3.63, 3.8) is 0 Å². The van der Waals surface area contributed by atoms with Crippen LogP contribution in [0.5, 0.6) is 5.75 Å². The molecule has 0 fully saturated rings. The summed E-state index contributed by atoms with van der Waals surface area (Å²) in [6.07, 6.45) is 3.47. The highest BCUT2D eigenvalue weighted by atomic mass is 16.5. The molecular formula is C15H25NO2. The Morgan fingerprint density at radius 2 is 1.89 bits per heavy atom. The van der Waals surface area contributed by atoms with Crippen LogP contribution in [0.1, 0.15) is 25.3 Å². The number of para-hydroxylation sites is 1. The fourth-order valence-corrected chi connectivity index (χ4v) is 2.04. The third-order valence-corrected chi connectivity index (χ3v) is 3.39. The van der Waals surface area contributed by atoms with Gasteiger partial charge >= 0.3 is 0 Å². The van der Waals surface area contributed by atoms with Crippen molar-refractivity contribution < 1.29 is 9.47 Å². The van der Waals surface area contributed by atoms with E-state index < -0.39 is 0 Å². The predicted molar refractivity (Wildman–Crippen MR) is 75.3 cm³/mol. The summed E-state index contributed by atoms with van der Waals surface area (Å²) in [6.45, 7) is 2.11. The third-order valence-electron chi connectivity index (χ3n) is 3.39. The molecule has 0 aliphatic heterocycles. The summed E-state index contributed by atoms with van der Waals surface area (Å²) < 4.78 is 10.7. The minimum absolute atomic E-state index is 0.318. The summed E-state index contributed by atoms with van der Waals surface area (Å²) in [5.41, 5.74) is 1.25. The minimum atomic E-state index is 0.318. The molecule has 3 heteroatoms. The van der Waals surface area contributed by atoms with Gasteiger partial charge in [0.2, 0.25) is 0 Å². The van der Waals surface area contributed by atoms with Gasteiger partial charge in [-0.25, -0.2) is 0 Å². The van der Waals surface area contributed by atoms with Crippen LogP contribution in [0.4, 0.5) is 0 Å². The molecule has 0 bridgehead atoms. The first-order valence-corrected chi connectivity index (χ1v) is 6.53. The second-order valence-corrected chi connectivity index (χ2v) is 4.63. The Hall–Kier alpha value is -1.06. The molecule has 0 saturated heterocycles. The molecule has 1 N–H and O–H groups in total. The van der Waals surface area contributed by atoms with Gasteiger partial charge in [0, 0.05) is 13.2 Å². The van der Waals surface area contributed by atoms with Crippen molar-refractivity contribution >= 4 is 0 Å². The van der Waals surface area contributed by atoms with E-state index in [0.29, 0.717) is 12.1 Å². The average Bonchev–Trinajstić information content (AvgIpc) is 2.43. The molecule has 0 amide bonds. The van der Waals surface area contributed by atoms with Gasteiger partial charge in [0.25, 0.3) is 0 Å². The van der Waals surface area contributed by atoms with Crippen molar-refractivity contribution in [2.45, 2.75) is 38.3 Å². The van der Waals surface area contributed by atoms with Crippen LogP contribution in [-0.4, -0.2) is 33.4 Å². The number of ether oxygens (including phenoxy) is 2. The molecule has 3 nitrogen and oxygen atoms in total. The number of rotatable bonds is 8. The van der Waals surface area contributed by atoms with Crippen LogP contribution in [0.3, 0.4) is 0 Å². The lowest BCUT2D eigenvalue weighted by Crippen LogP contribution is -2.29. The lowest BCUT2D eigenvalue weighted by atomic mass is 10.00. The maximum Gasteiger partial charge on any atom is 0.122 e. The van der Waals surface area contributed by atoms with Crippen LogP contribution in [0.25, 0.3) is 0 Å². The van der Waals surface area contributed by atoms with Gasteiger partial charge in [0.1, 0.15) is 5.75 Å². The van der Waals surface area contributed by atoms with Crippen molar-refractivity contribution in [2.24, 2.45) is 0 Å². The van der Waals surface area contributed by atoms with E-state index in [-0.39, 0.29) is 0 Å². The minimum Gasteiger partial charge on any atom is -0.496 e. The lowest BCUT2D eigenvalue weighted by molar-refractivity contribution is 0.106. The second kappa shape index (κ2) is 8.11. The summed E-state index contributed by atoms with van der Waals surface area (Å²) in [6, 6.07) is 8.66. The van der Waals surface area contributed by atoms with Crippen LogP contribution in [0.2, 0.25) is 0 Å². The Morgan fingerprint density at radius 1 is 1.17 bits per heavy atom. The van der Waals surface area contributed by atoms with Gasteiger partial charge in [0.05, 0.1) is 13.2 Å². The number of methoxy groups -OCH3 is 2. The molecule has 0 aliphatic carbocycles. The molecule has 0 heterocycles. The van der Waals surface area contributed by atoms with E-state index in [1.807, 2.05) is 19.2 Å². The topological polar surface area (TPSA) is 30.5 Å². The van der Waals surface area contributed by atoms with Crippen LogP contribution in [-0.2, 0) is 11.2 Å². The summed E-state index contributed by atoms with van der Waals surface area (Å²) in [5, 5.41) is 3.37. The normalized spacial score (nSPS) is 14.2. The molecule has 2 unspecified atom stereocenters. The zero-order valence-electron chi connectivity index (χ0n) is 11.9. The van der Waals surface area contributed by atoms with Crippen LogP contribution in [0.15, 0.2) is 24.3 Å². The largest absolute Gasteiger partial charge is 0.496 e. The van der Waals surface area contributed by atoms with Crippen molar-refractivity contribution in [2.75, 3.05) is 21.3 Å². The van der Waals surface area contributed by atoms with Gasteiger partial charge < -0.3 is 14.8 Å². The van der Waals surface area contributed by atoms with E-state index in [1.165, 1.54) is 5.56 Å². The Balaban J connectivity index is 2.56. The fourth-order valence-electron chi connectivity index (χ4n) is 2.04. The smallest absolute Gasteiger partial charge is 0.122 e. The first kappa shape index (κ1) is 15.0. The third kappa shape index (κ3) is 4.67. The Bertz CT molecular complexity index is 341. The number of nitrogens with one attached hydrogen (secondary N) is 1. The maximum atomic E-state index is 5.39. The molecule has 1 rings (SSSR count). The molecule has 0 aliphatic rings. The molecule has 2 atom stereocenters. The molecule has 0 spiro atoms. The van der Waals surface area contributed by atoms with E-state index in [4.69, 9.17) is 9.47 Å². The number of benzene rings is 1. The molecule has 0 radical (unpaired) electrons. The van der Waals surface area contributed by atoms with E-state index in [1.54, 1.807) is 14.2 Å². The van der Waals surface area contributed by atoms with Gasteiger partial charge in [-0.2, -0.15) is 0 Å². The zero-order chi connectivity index (χ0) is 13.4. The van der Waals surface area contributed by atoms with E-state index in [9.17, 15) is 0 Å². The Labute approximate surface area is 110 Å². The highest BCUT2D eigenvalue weighted by Crippen LogP contribution is 2.20. The highest BCUT2D eigenvalue weighted by molar-refractivity contribution is 5.33. The molecule has 1 aromatic carbocycles. The average molecular weight is 251 g/mol. The summed E-state index contributed by atoms with van der Waals surface area (Å²) in [4.78, 5) is 0. The summed E-state index contributed by atoms with van der Waals surface area (Å²) in [5.74, 6) is 0.970. The monoisotopic (exact) mass is 251 g/mol. The first-order chi connectivity index (χ1) is 8.71. The quantitative estimate of drug-likeness (QED) is 0.770. The summed E-state index contributed by atoms with van der Waals surface area (Å²) >= 11 is 0. The number of hydrogen-bond acceptors (Lipinski definition) is 3. The standard InChI is InChI=1S/C15H25NO2/c1-12(17-3)9-10-14(16-2)11-13-7-5-6-8-15(13)18-4/h5-8,12,14,16H,9-11H2,1-4H3. The number of hydrogen-bond donors (Lipinski definition) is 1. The van der Waals surface area contributed by atoms with Gasteiger partial charge in [-0.3, -0.25) is 0 Å². The molecule has 0 saturated carbocycles. The summed E-state index contributed by atoms with van der Waals surface area (Å²) in [7, 11) is 5.50. The molecule has 18 heavy (non-hydrogen) atoms. The molecule has 1 aromatic rings. The lowest BCUT2D eigenvalue weighted by Gasteiger charge is -2.19. The van der Waals surface area contributed by atoms with Gasteiger partial charge in [-0.1, -0.05) is 18.2 Å². The SMILES string of the molecule is CNC(CCC(C)OC)Cc1ccccc1OC. The molecule has 102 valence electrons. The Morgan fingerprint density at radius 3 is 2.50 bits per heavy atom.